The van der Waals surface area contributed by atoms with E-state index in [4.69, 9.17) is 9.97 Å². The highest BCUT2D eigenvalue weighted by Gasteiger charge is 2.21. The smallest absolute Gasteiger partial charge is 0.269 e. The van der Waals surface area contributed by atoms with Crippen molar-refractivity contribution in [2.45, 2.75) is 52.5 Å². The van der Waals surface area contributed by atoms with Crippen LogP contribution in [0, 0.1) is 0 Å². The zero-order valence-electron chi connectivity index (χ0n) is 16.2. The van der Waals surface area contributed by atoms with Crippen LogP contribution in [0.4, 0.5) is 5.82 Å². The minimum absolute atomic E-state index is 0.137. The lowest BCUT2D eigenvalue weighted by molar-refractivity contribution is 0.825. The molecule has 7 heteroatoms. The quantitative estimate of drug-likeness (QED) is 0.687. The maximum absolute atomic E-state index is 12.4. The molecule has 0 unspecified atom stereocenters. The van der Waals surface area contributed by atoms with Crippen LogP contribution < -0.4 is 10.9 Å². The third-order valence-electron chi connectivity index (χ3n) is 5.27. The lowest BCUT2D eigenvalue weighted by Gasteiger charge is -2.14. The van der Waals surface area contributed by atoms with Crippen LogP contribution in [0.15, 0.2) is 29.3 Å². The zero-order valence-corrected chi connectivity index (χ0v) is 16.2. The minimum Gasteiger partial charge on any atom is -0.365 e. The molecule has 0 spiro atoms. The summed E-state index contributed by atoms with van der Waals surface area (Å²) in [5.41, 5.74) is 5.78. The van der Waals surface area contributed by atoms with Crippen molar-refractivity contribution >= 4 is 5.82 Å². The van der Waals surface area contributed by atoms with E-state index in [1.807, 2.05) is 12.1 Å². The molecule has 144 valence electrons. The molecule has 3 aromatic heterocycles. The first-order chi connectivity index (χ1) is 13.7. The van der Waals surface area contributed by atoms with Crippen molar-refractivity contribution in [3.8, 4) is 11.4 Å². The SMILES string of the molecule is CCc1n[nH]c(=O)c(CNc2nc(-c3ccncc3)nc3c2CCC3)c1CC. The van der Waals surface area contributed by atoms with Gasteiger partial charge in [-0.2, -0.15) is 5.10 Å². The first-order valence-corrected chi connectivity index (χ1v) is 9.84. The average molecular weight is 376 g/mol. The third-order valence-corrected chi connectivity index (χ3v) is 5.27. The predicted octanol–water partition coefficient (Wildman–Crippen LogP) is 2.85. The lowest BCUT2D eigenvalue weighted by atomic mass is 10.0. The first-order valence-electron chi connectivity index (χ1n) is 9.84. The van der Waals surface area contributed by atoms with Gasteiger partial charge in [0.25, 0.3) is 5.56 Å². The highest BCUT2D eigenvalue weighted by Crippen LogP contribution is 2.29. The van der Waals surface area contributed by atoms with E-state index in [2.05, 4.69) is 34.3 Å². The van der Waals surface area contributed by atoms with Gasteiger partial charge in [-0.3, -0.25) is 9.78 Å². The number of fused-ring (bicyclic) bond motifs is 1. The number of aromatic amines is 1. The Hall–Kier alpha value is -3.09. The van der Waals surface area contributed by atoms with Crippen LogP contribution in [-0.4, -0.2) is 25.1 Å². The fraction of sp³-hybridized carbons (Fsp3) is 0.381. The Balaban J connectivity index is 1.70. The summed E-state index contributed by atoms with van der Waals surface area (Å²) in [6.45, 7) is 4.53. The highest BCUT2D eigenvalue weighted by molar-refractivity contribution is 5.60. The van der Waals surface area contributed by atoms with E-state index in [1.54, 1.807) is 12.4 Å². The fourth-order valence-electron chi connectivity index (χ4n) is 3.84. The summed E-state index contributed by atoms with van der Waals surface area (Å²) in [7, 11) is 0. The maximum Gasteiger partial charge on any atom is 0.269 e. The molecule has 0 atom stereocenters. The molecule has 0 radical (unpaired) electrons. The van der Waals surface area contributed by atoms with Crippen LogP contribution in [0.1, 0.15) is 48.3 Å². The molecule has 2 N–H and O–H groups in total. The summed E-state index contributed by atoms with van der Waals surface area (Å²) < 4.78 is 0. The normalized spacial score (nSPS) is 12.8. The molecule has 0 amide bonds. The number of hydrogen-bond donors (Lipinski definition) is 2. The van der Waals surface area contributed by atoms with Crippen molar-refractivity contribution in [3.63, 3.8) is 0 Å². The fourth-order valence-corrected chi connectivity index (χ4v) is 3.84. The van der Waals surface area contributed by atoms with Crippen LogP contribution in [0.5, 0.6) is 0 Å². The molecule has 7 nitrogen and oxygen atoms in total. The second-order valence-corrected chi connectivity index (χ2v) is 6.93. The molecular formula is C21H24N6O. The molecule has 1 aliphatic carbocycles. The summed E-state index contributed by atoms with van der Waals surface area (Å²) >= 11 is 0. The second-order valence-electron chi connectivity index (χ2n) is 6.93. The largest absolute Gasteiger partial charge is 0.365 e. The second kappa shape index (κ2) is 7.88. The molecule has 0 fully saturated rings. The minimum atomic E-state index is -0.137. The number of nitrogens with one attached hydrogen (secondary N) is 2. The Kier molecular flexibility index (Phi) is 5.14. The lowest BCUT2D eigenvalue weighted by Crippen LogP contribution is -2.22. The molecule has 1 aliphatic rings. The van der Waals surface area contributed by atoms with E-state index in [-0.39, 0.29) is 5.56 Å². The van der Waals surface area contributed by atoms with Gasteiger partial charge >= 0.3 is 0 Å². The molecule has 0 bridgehead atoms. The Morgan fingerprint density at radius 2 is 1.89 bits per heavy atom. The Morgan fingerprint density at radius 3 is 2.64 bits per heavy atom. The van der Waals surface area contributed by atoms with Gasteiger partial charge < -0.3 is 5.32 Å². The van der Waals surface area contributed by atoms with Gasteiger partial charge in [0.1, 0.15) is 5.82 Å². The number of anilines is 1. The van der Waals surface area contributed by atoms with Gasteiger partial charge in [0.15, 0.2) is 5.82 Å². The van der Waals surface area contributed by atoms with Crippen molar-refractivity contribution in [2.24, 2.45) is 0 Å². The van der Waals surface area contributed by atoms with Crippen molar-refractivity contribution in [2.75, 3.05) is 5.32 Å². The maximum atomic E-state index is 12.4. The van der Waals surface area contributed by atoms with E-state index in [9.17, 15) is 4.79 Å². The third kappa shape index (κ3) is 3.40. The van der Waals surface area contributed by atoms with E-state index in [1.165, 1.54) is 0 Å². The first kappa shape index (κ1) is 18.3. The van der Waals surface area contributed by atoms with Crippen molar-refractivity contribution in [1.29, 1.82) is 0 Å². The molecule has 3 heterocycles. The number of aromatic nitrogens is 5. The number of aryl methyl sites for hydroxylation is 2. The summed E-state index contributed by atoms with van der Waals surface area (Å²) in [6, 6.07) is 3.83. The highest BCUT2D eigenvalue weighted by atomic mass is 16.1. The Bertz CT molecular complexity index is 1040. The zero-order chi connectivity index (χ0) is 19.5. The molecule has 0 saturated heterocycles. The monoisotopic (exact) mass is 376 g/mol. The van der Waals surface area contributed by atoms with Gasteiger partial charge in [0, 0.05) is 41.3 Å². The van der Waals surface area contributed by atoms with Crippen LogP contribution in [0.2, 0.25) is 0 Å². The van der Waals surface area contributed by atoms with E-state index < -0.39 is 0 Å². The number of pyridine rings is 1. The number of nitrogens with zero attached hydrogens (tertiary/aromatic N) is 4. The summed E-state index contributed by atoms with van der Waals surface area (Å²) in [5, 5.41) is 10.3. The van der Waals surface area contributed by atoms with Crippen LogP contribution in [-0.2, 0) is 32.2 Å². The number of hydrogen-bond acceptors (Lipinski definition) is 6. The van der Waals surface area contributed by atoms with Crippen LogP contribution >= 0.6 is 0 Å². The van der Waals surface area contributed by atoms with Crippen molar-refractivity contribution < 1.29 is 0 Å². The standard InChI is InChI=1S/C21H24N6O/c1-3-14-16(21(28)27-26-17(14)4-2)12-23-20-15-6-5-7-18(15)24-19(25-20)13-8-10-22-11-9-13/h8-11H,3-7,12H2,1-2H3,(H,27,28)(H,23,24,25). The van der Waals surface area contributed by atoms with Crippen molar-refractivity contribution in [1.82, 2.24) is 25.1 Å². The summed E-state index contributed by atoms with van der Waals surface area (Å²) in [5.74, 6) is 1.52. The summed E-state index contributed by atoms with van der Waals surface area (Å²) in [6.07, 6.45) is 8.06. The Labute approximate surface area is 163 Å². The van der Waals surface area contributed by atoms with E-state index >= 15 is 0 Å². The van der Waals surface area contributed by atoms with Gasteiger partial charge in [0.2, 0.25) is 0 Å². The Morgan fingerprint density at radius 1 is 1.07 bits per heavy atom. The summed E-state index contributed by atoms with van der Waals surface area (Å²) in [4.78, 5) is 26.0. The van der Waals surface area contributed by atoms with Gasteiger partial charge in [-0.15, -0.1) is 0 Å². The molecule has 28 heavy (non-hydrogen) atoms. The van der Waals surface area contributed by atoms with Crippen molar-refractivity contribution in [3.05, 3.63) is 63.0 Å². The molecule has 4 rings (SSSR count). The van der Waals surface area contributed by atoms with Gasteiger partial charge in [0.05, 0.1) is 5.69 Å². The number of H-pyrrole nitrogens is 1. The molecule has 0 aromatic carbocycles. The molecular weight excluding hydrogens is 352 g/mol. The van der Waals surface area contributed by atoms with E-state index in [0.29, 0.717) is 12.4 Å². The number of rotatable bonds is 6. The predicted molar refractivity (Wildman–Crippen MR) is 108 cm³/mol. The van der Waals surface area contributed by atoms with E-state index in [0.717, 1.165) is 71.6 Å². The average Bonchev–Trinajstić information content (AvgIpc) is 3.22. The van der Waals surface area contributed by atoms with Crippen LogP contribution in [0.3, 0.4) is 0 Å². The van der Waals surface area contributed by atoms with Crippen LogP contribution in [0.25, 0.3) is 11.4 Å². The van der Waals surface area contributed by atoms with Gasteiger partial charge in [-0.1, -0.05) is 13.8 Å². The molecule has 0 saturated carbocycles. The molecule has 0 aliphatic heterocycles. The van der Waals surface area contributed by atoms with Gasteiger partial charge in [-0.25, -0.2) is 15.1 Å². The topological polar surface area (TPSA) is 96.5 Å². The van der Waals surface area contributed by atoms with Gasteiger partial charge in [-0.05, 0) is 49.8 Å². The molecule has 3 aromatic rings.